The predicted octanol–water partition coefficient (Wildman–Crippen LogP) is 2.63. The molecule has 0 aliphatic carbocycles. The van der Waals surface area contributed by atoms with Gasteiger partial charge >= 0.3 is 0 Å². The third kappa shape index (κ3) is 1.72. The van der Waals surface area contributed by atoms with E-state index in [9.17, 15) is 0 Å². The lowest BCUT2D eigenvalue weighted by Crippen LogP contribution is -1.99. The fourth-order valence-electron chi connectivity index (χ4n) is 1.79. The number of aromatic nitrogens is 3. The summed E-state index contributed by atoms with van der Waals surface area (Å²) in [5.41, 5.74) is 8.33. The van der Waals surface area contributed by atoms with Gasteiger partial charge in [0.1, 0.15) is 5.82 Å². The minimum absolute atomic E-state index is 0.466. The molecule has 0 saturated carbocycles. The Kier molecular flexibility index (Phi) is 2.23. The van der Waals surface area contributed by atoms with E-state index in [2.05, 4.69) is 10.1 Å². The van der Waals surface area contributed by atoms with Crippen LogP contribution < -0.4 is 5.73 Å². The Morgan fingerprint density at radius 3 is 2.88 bits per heavy atom. The molecule has 0 aliphatic heterocycles. The van der Waals surface area contributed by atoms with E-state index in [4.69, 9.17) is 17.3 Å². The van der Waals surface area contributed by atoms with Gasteiger partial charge in [-0.05, 0) is 12.1 Å². The highest BCUT2D eigenvalue weighted by Crippen LogP contribution is 2.24. The van der Waals surface area contributed by atoms with E-state index >= 15 is 0 Å². The van der Waals surface area contributed by atoms with Crippen molar-refractivity contribution in [3.63, 3.8) is 0 Å². The first-order valence-electron chi connectivity index (χ1n) is 5.10. The lowest BCUT2D eigenvalue weighted by atomic mass is 10.1. The molecule has 4 nitrogen and oxygen atoms in total. The highest BCUT2D eigenvalue weighted by Gasteiger charge is 2.07. The molecule has 0 spiro atoms. The fourth-order valence-corrected chi connectivity index (χ4v) is 1.98. The Labute approximate surface area is 103 Å². The van der Waals surface area contributed by atoms with E-state index in [0.717, 1.165) is 16.9 Å². The average Bonchev–Trinajstić information content (AvgIpc) is 2.75. The largest absolute Gasteiger partial charge is 0.384 e. The molecule has 3 rings (SSSR count). The van der Waals surface area contributed by atoms with Gasteiger partial charge in [0.2, 0.25) is 0 Å². The number of hydrogen-bond acceptors (Lipinski definition) is 3. The van der Waals surface area contributed by atoms with Gasteiger partial charge < -0.3 is 5.73 Å². The van der Waals surface area contributed by atoms with E-state index in [1.165, 1.54) is 0 Å². The van der Waals surface area contributed by atoms with Gasteiger partial charge in [0.25, 0.3) is 0 Å². The first kappa shape index (κ1) is 10.1. The number of benzene rings is 1. The molecule has 2 aromatic heterocycles. The number of rotatable bonds is 1. The van der Waals surface area contributed by atoms with E-state index in [1.54, 1.807) is 16.8 Å². The zero-order valence-corrected chi connectivity index (χ0v) is 9.59. The molecule has 0 bridgehead atoms. The molecular formula is C12H9ClN4. The van der Waals surface area contributed by atoms with Gasteiger partial charge in [-0.1, -0.05) is 23.7 Å². The lowest BCUT2D eigenvalue weighted by molar-refractivity contribution is 0.950. The molecule has 5 heteroatoms. The number of anilines is 1. The summed E-state index contributed by atoms with van der Waals surface area (Å²) < 4.78 is 1.74. The van der Waals surface area contributed by atoms with E-state index in [-0.39, 0.29) is 0 Å². The van der Waals surface area contributed by atoms with Gasteiger partial charge in [-0.3, -0.25) is 0 Å². The van der Waals surface area contributed by atoms with Crippen molar-refractivity contribution in [3.05, 3.63) is 47.6 Å². The number of nitrogens with zero attached hydrogens (tertiary/aromatic N) is 3. The summed E-state index contributed by atoms with van der Waals surface area (Å²) >= 11 is 5.98. The lowest BCUT2D eigenvalue weighted by Gasteiger charge is -2.06. The Hall–Kier alpha value is -2.07. The Balaban J connectivity index is 2.32. The Morgan fingerprint density at radius 2 is 2.06 bits per heavy atom. The molecule has 1 aromatic carbocycles. The second-order valence-electron chi connectivity index (χ2n) is 3.68. The van der Waals surface area contributed by atoms with Crippen molar-refractivity contribution in [3.8, 4) is 11.3 Å². The van der Waals surface area contributed by atoms with Gasteiger partial charge in [-0.25, -0.2) is 9.50 Å². The summed E-state index contributed by atoms with van der Waals surface area (Å²) in [5, 5.41) is 4.90. The maximum Gasteiger partial charge on any atom is 0.158 e. The summed E-state index contributed by atoms with van der Waals surface area (Å²) in [6, 6.07) is 11.1. The summed E-state index contributed by atoms with van der Waals surface area (Å²) in [6.45, 7) is 0. The van der Waals surface area contributed by atoms with Gasteiger partial charge in [-0.15, -0.1) is 0 Å². The second kappa shape index (κ2) is 3.75. The van der Waals surface area contributed by atoms with Crippen LogP contribution in [0.1, 0.15) is 0 Å². The highest BCUT2D eigenvalue weighted by molar-refractivity contribution is 6.30. The van der Waals surface area contributed by atoms with Crippen LogP contribution in [0.2, 0.25) is 5.02 Å². The average molecular weight is 245 g/mol. The molecule has 0 atom stereocenters. The van der Waals surface area contributed by atoms with Gasteiger partial charge in [0.05, 0.1) is 11.9 Å². The summed E-state index contributed by atoms with van der Waals surface area (Å²) in [7, 11) is 0. The molecule has 0 radical (unpaired) electrons. The first-order chi connectivity index (χ1) is 8.24. The highest BCUT2D eigenvalue weighted by atomic mass is 35.5. The van der Waals surface area contributed by atoms with E-state index in [1.807, 2.05) is 30.3 Å². The van der Waals surface area contributed by atoms with Crippen LogP contribution in [-0.2, 0) is 0 Å². The van der Waals surface area contributed by atoms with Crippen molar-refractivity contribution in [2.45, 2.75) is 0 Å². The van der Waals surface area contributed by atoms with Crippen molar-refractivity contribution >= 4 is 23.1 Å². The zero-order valence-electron chi connectivity index (χ0n) is 8.84. The number of nitrogen functional groups attached to an aromatic ring is 1. The van der Waals surface area contributed by atoms with Crippen molar-refractivity contribution in [1.29, 1.82) is 0 Å². The van der Waals surface area contributed by atoms with E-state index < -0.39 is 0 Å². The standard InChI is InChI=1S/C12H9ClN4/c13-9-3-1-2-8(6-9)10-7-11(14)16-12-4-5-15-17(10)12/h1-7H,(H2,14,16). The molecule has 84 valence electrons. The number of hydrogen-bond donors (Lipinski definition) is 1. The summed E-state index contributed by atoms with van der Waals surface area (Å²) in [4.78, 5) is 4.19. The predicted molar refractivity (Wildman–Crippen MR) is 67.8 cm³/mol. The summed E-state index contributed by atoms with van der Waals surface area (Å²) in [6.07, 6.45) is 1.69. The number of halogens is 1. The van der Waals surface area contributed by atoms with Crippen LogP contribution >= 0.6 is 11.6 Å². The topological polar surface area (TPSA) is 56.2 Å². The number of nitrogens with two attached hydrogens (primary N) is 1. The minimum atomic E-state index is 0.466. The van der Waals surface area contributed by atoms with Crippen LogP contribution in [-0.4, -0.2) is 14.6 Å². The molecule has 0 unspecified atom stereocenters. The minimum Gasteiger partial charge on any atom is -0.384 e. The molecular weight excluding hydrogens is 236 g/mol. The summed E-state index contributed by atoms with van der Waals surface area (Å²) in [5.74, 6) is 0.466. The van der Waals surface area contributed by atoms with Crippen molar-refractivity contribution in [2.24, 2.45) is 0 Å². The van der Waals surface area contributed by atoms with Crippen molar-refractivity contribution in [1.82, 2.24) is 14.6 Å². The third-order valence-electron chi connectivity index (χ3n) is 2.50. The maximum atomic E-state index is 5.98. The second-order valence-corrected chi connectivity index (χ2v) is 4.11. The smallest absolute Gasteiger partial charge is 0.158 e. The molecule has 0 saturated heterocycles. The Morgan fingerprint density at radius 1 is 1.18 bits per heavy atom. The van der Waals surface area contributed by atoms with Crippen LogP contribution in [0.3, 0.4) is 0 Å². The molecule has 2 N–H and O–H groups in total. The fraction of sp³-hybridized carbons (Fsp3) is 0. The molecule has 0 fully saturated rings. The van der Waals surface area contributed by atoms with Crippen molar-refractivity contribution < 1.29 is 0 Å². The monoisotopic (exact) mass is 244 g/mol. The Bertz CT molecular complexity index is 690. The maximum absolute atomic E-state index is 5.98. The molecule has 3 aromatic rings. The SMILES string of the molecule is Nc1cc(-c2cccc(Cl)c2)n2nccc2n1. The number of fused-ring (bicyclic) bond motifs is 1. The molecule has 2 heterocycles. The van der Waals surface area contributed by atoms with Crippen LogP contribution in [0.4, 0.5) is 5.82 Å². The first-order valence-corrected chi connectivity index (χ1v) is 5.48. The molecule has 0 amide bonds. The van der Waals surface area contributed by atoms with Crippen LogP contribution in [0, 0.1) is 0 Å². The van der Waals surface area contributed by atoms with Crippen LogP contribution in [0.5, 0.6) is 0 Å². The molecule has 0 aliphatic rings. The van der Waals surface area contributed by atoms with Crippen molar-refractivity contribution in [2.75, 3.05) is 5.73 Å². The van der Waals surface area contributed by atoms with Gasteiger partial charge in [0.15, 0.2) is 5.65 Å². The van der Waals surface area contributed by atoms with Crippen LogP contribution in [0.25, 0.3) is 16.9 Å². The third-order valence-corrected chi connectivity index (χ3v) is 2.73. The normalized spacial score (nSPS) is 10.9. The van der Waals surface area contributed by atoms with Gasteiger partial charge in [0, 0.05) is 22.7 Å². The van der Waals surface area contributed by atoms with E-state index in [0.29, 0.717) is 10.8 Å². The quantitative estimate of drug-likeness (QED) is 0.716. The van der Waals surface area contributed by atoms with Crippen LogP contribution in [0.15, 0.2) is 42.6 Å². The van der Waals surface area contributed by atoms with Gasteiger partial charge in [-0.2, -0.15) is 5.10 Å². The zero-order chi connectivity index (χ0) is 11.8. The molecule has 17 heavy (non-hydrogen) atoms.